The number of likely N-dealkylation sites (N-methyl/N-ethyl adjacent to an activating group) is 1. The Morgan fingerprint density at radius 2 is 1.92 bits per heavy atom. The van der Waals surface area contributed by atoms with Gasteiger partial charge in [0.05, 0.1) is 0 Å². The Morgan fingerprint density at radius 3 is 2.58 bits per heavy atom. The highest BCUT2D eigenvalue weighted by atomic mass is 16.2. The molecule has 2 rings (SSSR count). The van der Waals surface area contributed by atoms with E-state index in [4.69, 9.17) is 0 Å². The Labute approximate surface area is 154 Å². The number of hydrogen-bond acceptors (Lipinski definition) is 4. The van der Waals surface area contributed by atoms with Crippen molar-refractivity contribution >= 4 is 29.1 Å². The fraction of sp³-hybridized carbons (Fsp3) is 0.526. The minimum absolute atomic E-state index is 0.0637. The van der Waals surface area contributed by atoms with E-state index in [2.05, 4.69) is 10.6 Å². The molecule has 1 heterocycles. The Hall–Kier alpha value is -2.41. The van der Waals surface area contributed by atoms with E-state index in [9.17, 15) is 14.4 Å². The molecule has 0 saturated heterocycles. The average molecular weight is 360 g/mol. The molecule has 0 spiro atoms. The lowest BCUT2D eigenvalue weighted by Gasteiger charge is -2.31. The summed E-state index contributed by atoms with van der Waals surface area (Å²) in [5.41, 5.74) is 2.47. The number of carbonyl (C=O) groups is 3. The zero-order valence-corrected chi connectivity index (χ0v) is 16.0. The van der Waals surface area contributed by atoms with Gasteiger partial charge in [-0.05, 0) is 50.7 Å². The largest absolute Gasteiger partial charge is 0.347 e. The van der Waals surface area contributed by atoms with Crippen LogP contribution in [0.2, 0.25) is 0 Å². The third-order valence-electron chi connectivity index (χ3n) is 4.27. The summed E-state index contributed by atoms with van der Waals surface area (Å²) in [5.74, 6) is -1.30. The van der Waals surface area contributed by atoms with Crippen LogP contribution < -0.4 is 15.5 Å². The smallest absolute Gasteiger partial charge is 0.313 e. The van der Waals surface area contributed by atoms with Gasteiger partial charge in [0.2, 0.25) is 5.91 Å². The SMILES string of the molecule is CC(C)C(=O)N1CCCc2cc(NC(=O)C(=O)NCCN(C)C)ccc21. The van der Waals surface area contributed by atoms with E-state index >= 15 is 0 Å². The normalized spacial score (nSPS) is 13.5. The summed E-state index contributed by atoms with van der Waals surface area (Å²) in [5, 5.41) is 5.21. The van der Waals surface area contributed by atoms with Gasteiger partial charge in [-0.1, -0.05) is 13.8 Å². The minimum Gasteiger partial charge on any atom is -0.347 e. The van der Waals surface area contributed by atoms with E-state index in [0.717, 1.165) is 24.1 Å². The first-order valence-electron chi connectivity index (χ1n) is 8.97. The molecule has 7 heteroatoms. The zero-order chi connectivity index (χ0) is 19.3. The predicted octanol–water partition coefficient (Wildman–Crippen LogP) is 1.24. The Balaban J connectivity index is 2.03. The average Bonchev–Trinajstić information content (AvgIpc) is 2.59. The molecule has 142 valence electrons. The van der Waals surface area contributed by atoms with Crippen LogP contribution in [0.1, 0.15) is 25.8 Å². The summed E-state index contributed by atoms with van der Waals surface area (Å²) in [6, 6.07) is 5.42. The molecule has 0 bridgehead atoms. The number of carbonyl (C=O) groups excluding carboxylic acids is 3. The van der Waals surface area contributed by atoms with Crippen molar-refractivity contribution in [2.24, 2.45) is 5.92 Å². The zero-order valence-electron chi connectivity index (χ0n) is 16.0. The predicted molar refractivity (Wildman–Crippen MR) is 102 cm³/mol. The van der Waals surface area contributed by atoms with Crippen molar-refractivity contribution in [2.75, 3.05) is 43.9 Å². The van der Waals surface area contributed by atoms with E-state index in [1.54, 1.807) is 6.07 Å². The van der Waals surface area contributed by atoms with Gasteiger partial charge in [-0.25, -0.2) is 0 Å². The first-order chi connectivity index (χ1) is 12.3. The maximum atomic E-state index is 12.4. The highest BCUT2D eigenvalue weighted by molar-refractivity contribution is 6.39. The van der Waals surface area contributed by atoms with E-state index < -0.39 is 11.8 Å². The van der Waals surface area contributed by atoms with Gasteiger partial charge in [-0.2, -0.15) is 0 Å². The van der Waals surface area contributed by atoms with Crippen molar-refractivity contribution in [1.82, 2.24) is 10.2 Å². The molecule has 7 nitrogen and oxygen atoms in total. The second kappa shape index (κ2) is 8.80. The minimum atomic E-state index is -0.686. The molecule has 0 aromatic heterocycles. The summed E-state index contributed by atoms with van der Waals surface area (Å²) in [4.78, 5) is 39.9. The summed E-state index contributed by atoms with van der Waals surface area (Å²) in [6.07, 6.45) is 1.73. The van der Waals surface area contributed by atoms with Gasteiger partial charge >= 0.3 is 11.8 Å². The lowest BCUT2D eigenvalue weighted by molar-refractivity contribution is -0.136. The Bertz CT molecular complexity index is 685. The van der Waals surface area contributed by atoms with E-state index in [1.165, 1.54) is 0 Å². The highest BCUT2D eigenvalue weighted by Crippen LogP contribution is 2.30. The second-order valence-corrected chi connectivity index (χ2v) is 7.10. The maximum Gasteiger partial charge on any atom is 0.313 e. The first kappa shape index (κ1) is 19.9. The fourth-order valence-electron chi connectivity index (χ4n) is 2.88. The molecule has 2 N–H and O–H groups in total. The summed E-state index contributed by atoms with van der Waals surface area (Å²) in [7, 11) is 3.79. The van der Waals surface area contributed by atoms with Gasteiger partial charge in [-0.3, -0.25) is 14.4 Å². The molecule has 1 aromatic rings. The summed E-state index contributed by atoms with van der Waals surface area (Å²) in [6.45, 7) is 5.57. The molecule has 3 amide bonds. The van der Waals surface area contributed by atoms with E-state index in [1.807, 2.05) is 49.9 Å². The summed E-state index contributed by atoms with van der Waals surface area (Å²) < 4.78 is 0. The van der Waals surface area contributed by atoms with Crippen LogP contribution >= 0.6 is 0 Å². The third kappa shape index (κ3) is 5.05. The highest BCUT2D eigenvalue weighted by Gasteiger charge is 2.24. The molecule has 0 aliphatic carbocycles. The molecular weight excluding hydrogens is 332 g/mol. The van der Waals surface area contributed by atoms with Crippen molar-refractivity contribution in [2.45, 2.75) is 26.7 Å². The molecule has 26 heavy (non-hydrogen) atoms. The molecule has 0 radical (unpaired) electrons. The van der Waals surface area contributed by atoms with Gasteiger partial charge < -0.3 is 20.4 Å². The Morgan fingerprint density at radius 1 is 1.19 bits per heavy atom. The molecule has 1 aliphatic rings. The topological polar surface area (TPSA) is 81.8 Å². The van der Waals surface area contributed by atoms with Crippen LogP contribution in [0.15, 0.2) is 18.2 Å². The summed E-state index contributed by atoms with van der Waals surface area (Å²) >= 11 is 0. The van der Waals surface area contributed by atoms with E-state index in [0.29, 0.717) is 25.3 Å². The molecule has 0 unspecified atom stereocenters. The number of benzene rings is 1. The van der Waals surface area contributed by atoms with Crippen LogP contribution in [0, 0.1) is 5.92 Å². The van der Waals surface area contributed by atoms with Crippen LogP contribution in [0.5, 0.6) is 0 Å². The van der Waals surface area contributed by atoms with Crippen LogP contribution in [0.4, 0.5) is 11.4 Å². The van der Waals surface area contributed by atoms with Crippen molar-refractivity contribution in [3.05, 3.63) is 23.8 Å². The first-order valence-corrected chi connectivity index (χ1v) is 8.97. The van der Waals surface area contributed by atoms with Gasteiger partial charge in [0.1, 0.15) is 0 Å². The quantitative estimate of drug-likeness (QED) is 0.774. The van der Waals surface area contributed by atoms with Gasteiger partial charge in [0, 0.05) is 36.9 Å². The van der Waals surface area contributed by atoms with Gasteiger partial charge in [-0.15, -0.1) is 0 Å². The Kier molecular flexibility index (Phi) is 6.74. The van der Waals surface area contributed by atoms with E-state index in [-0.39, 0.29) is 11.8 Å². The third-order valence-corrected chi connectivity index (χ3v) is 4.27. The fourth-order valence-corrected chi connectivity index (χ4v) is 2.88. The monoisotopic (exact) mass is 360 g/mol. The molecule has 1 aromatic carbocycles. The number of nitrogens with zero attached hydrogens (tertiary/aromatic N) is 2. The van der Waals surface area contributed by atoms with Crippen molar-refractivity contribution in [3.8, 4) is 0 Å². The van der Waals surface area contributed by atoms with Crippen LogP contribution in [0.25, 0.3) is 0 Å². The molecule has 0 fully saturated rings. The molecule has 1 aliphatic heterocycles. The van der Waals surface area contributed by atoms with Crippen LogP contribution in [-0.4, -0.2) is 56.4 Å². The number of amides is 3. The maximum absolute atomic E-state index is 12.4. The van der Waals surface area contributed by atoms with Crippen molar-refractivity contribution < 1.29 is 14.4 Å². The second-order valence-electron chi connectivity index (χ2n) is 7.10. The number of fused-ring (bicyclic) bond motifs is 1. The van der Waals surface area contributed by atoms with Crippen molar-refractivity contribution in [1.29, 1.82) is 0 Å². The van der Waals surface area contributed by atoms with Crippen LogP contribution in [0.3, 0.4) is 0 Å². The molecule has 0 atom stereocenters. The van der Waals surface area contributed by atoms with Gasteiger partial charge in [0.25, 0.3) is 0 Å². The number of aryl methyl sites for hydroxylation is 1. The number of anilines is 2. The van der Waals surface area contributed by atoms with Crippen LogP contribution in [-0.2, 0) is 20.8 Å². The lowest BCUT2D eigenvalue weighted by Crippen LogP contribution is -2.39. The number of nitrogens with one attached hydrogen (secondary N) is 2. The van der Waals surface area contributed by atoms with Crippen molar-refractivity contribution in [3.63, 3.8) is 0 Å². The number of hydrogen-bond donors (Lipinski definition) is 2. The standard InChI is InChI=1S/C19H28N4O3/c1-13(2)19(26)23-10-5-6-14-12-15(7-8-16(14)23)21-18(25)17(24)20-9-11-22(3)4/h7-8,12-13H,5-6,9-11H2,1-4H3,(H,20,24)(H,21,25). The molecule has 0 saturated carbocycles. The number of rotatable bonds is 5. The van der Waals surface area contributed by atoms with Gasteiger partial charge in [0.15, 0.2) is 0 Å². The lowest BCUT2D eigenvalue weighted by atomic mass is 9.99. The molecular formula is C19H28N4O3.